The number of fused-ring (bicyclic) bond motifs is 1. The lowest BCUT2D eigenvalue weighted by Gasteiger charge is -2.28. The predicted octanol–water partition coefficient (Wildman–Crippen LogP) is 2.90. The average Bonchev–Trinajstić information content (AvgIpc) is 2.60. The van der Waals surface area contributed by atoms with Gasteiger partial charge >= 0.3 is 0 Å². The molecule has 0 saturated carbocycles. The van der Waals surface area contributed by atoms with E-state index in [0.717, 1.165) is 22.6 Å². The van der Waals surface area contributed by atoms with Crippen LogP contribution in [0.25, 0.3) is 0 Å². The smallest absolute Gasteiger partial charge is 0.229 e. The first-order valence-corrected chi connectivity index (χ1v) is 7.76. The molecule has 23 heavy (non-hydrogen) atoms. The third-order valence-corrected chi connectivity index (χ3v) is 4.16. The van der Waals surface area contributed by atoms with E-state index in [9.17, 15) is 4.79 Å². The van der Waals surface area contributed by atoms with Crippen molar-refractivity contribution in [2.24, 2.45) is 5.92 Å². The summed E-state index contributed by atoms with van der Waals surface area (Å²) in [6, 6.07) is 15.7. The van der Waals surface area contributed by atoms with E-state index >= 15 is 0 Å². The van der Waals surface area contributed by atoms with Crippen molar-refractivity contribution in [1.82, 2.24) is 4.90 Å². The number of carbonyl (C=O) groups is 1. The molecule has 1 aliphatic rings. The fourth-order valence-corrected chi connectivity index (χ4v) is 2.90. The predicted molar refractivity (Wildman–Crippen MR) is 88.6 cm³/mol. The molecule has 2 aromatic carbocycles. The molecule has 0 bridgehead atoms. The van der Waals surface area contributed by atoms with E-state index in [1.807, 2.05) is 55.6 Å². The van der Waals surface area contributed by atoms with E-state index in [1.165, 1.54) is 0 Å². The molecule has 1 aliphatic heterocycles. The van der Waals surface area contributed by atoms with Crippen LogP contribution in [0.2, 0.25) is 0 Å². The molecule has 0 fully saturated rings. The van der Waals surface area contributed by atoms with Crippen LogP contribution in [0.4, 0.5) is 0 Å². The Balaban J connectivity index is 1.68. The minimum absolute atomic E-state index is 0.113. The number of hydrogen-bond donors (Lipinski definition) is 0. The van der Waals surface area contributed by atoms with Gasteiger partial charge < -0.3 is 14.4 Å². The van der Waals surface area contributed by atoms with Gasteiger partial charge in [-0.25, -0.2) is 0 Å². The standard InChI is InChI=1S/C19H21NO3/c1-20(12-14-6-4-3-5-7-14)19(21)16-10-15-11-17(22-2)8-9-18(15)23-13-16/h3-9,11,16H,10,12-13H2,1-2H3/t16-/m0/s1. The molecular formula is C19H21NO3. The quantitative estimate of drug-likeness (QED) is 0.871. The molecule has 0 radical (unpaired) electrons. The number of rotatable bonds is 4. The first kappa shape index (κ1) is 15.4. The normalized spacial score (nSPS) is 16.2. The Labute approximate surface area is 136 Å². The first-order valence-electron chi connectivity index (χ1n) is 7.76. The van der Waals surface area contributed by atoms with Crippen molar-refractivity contribution in [3.8, 4) is 11.5 Å². The van der Waals surface area contributed by atoms with Gasteiger partial charge in [0.1, 0.15) is 18.1 Å². The number of benzene rings is 2. The third kappa shape index (κ3) is 3.47. The molecule has 3 rings (SSSR count). The molecular weight excluding hydrogens is 290 g/mol. The highest BCUT2D eigenvalue weighted by Crippen LogP contribution is 2.31. The largest absolute Gasteiger partial charge is 0.497 e. The van der Waals surface area contributed by atoms with Crippen molar-refractivity contribution < 1.29 is 14.3 Å². The second-order valence-electron chi connectivity index (χ2n) is 5.87. The number of carbonyl (C=O) groups excluding carboxylic acids is 1. The lowest BCUT2D eigenvalue weighted by molar-refractivity contribution is -0.136. The zero-order chi connectivity index (χ0) is 16.2. The molecule has 0 unspecified atom stereocenters. The summed E-state index contributed by atoms with van der Waals surface area (Å²) in [6.07, 6.45) is 0.685. The fourth-order valence-electron chi connectivity index (χ4n) is 2.90. The van der Waals surface area contributed by atoms with Gasteiger partial charge in [-0.1, -0.05) is 30.3 Å². The van der Waals surface area contributed by atoms with Crippen LogP contribution in [-0.4, -0.2) is 31.6 Å². The van der Waals surface area contributed by atoms with Crippen LogP contribution in [0, 0.1) is 5.92 Å². The Bertz CT molecular complexity index is 684. The highest BCUT2D eigenvalue weighted by molar-refractivity contribution is 5.79. The lowest BCUT2D eigenvalue weighted by atomic mass is 9.95. The summed E-state index contributed by atoms with van der Waals surface area (Å²) in [5.41, 5.74) is 2.16. The second-order valence-corrected chi connectivity index (χ2v) is 5.87. The summed E-state index contributed by atoms with van der Waals surface area (Å²) in [4.78, 5) is 14.5. The number of amides is 1. The first-order chi connectivity index (χ1) is 11.2. The van der Waals surface area contributed by atoms with Crippen molar-refractivity contribution in [3.63, 3.8) is 0 Å². The highest BCUT2D eigenvalue weighted by Gasteiger charge is 2.28. The van der Waals surface area contributed by atoms with E-state index in [4.69, 9.17) is 9.47 Å². The molecule has 0 aromatic heterocycles. The van der Waals surface area contributed by atoms with E-state index in [2.05, 4.69) is 0 Å². The van der Waals surface area contributed by atoms with Crippen LogP contribution in [0.1, 0.15) is 11.1 Å². The SMILES string of the molecule is COc1ccc2c(c1)C[C@H](C(=O)N(C)Cc1ccccc1)CO2. The van der Waals surface area contributed by atoms with Crippen LogP contribution in [0.15, 0.2) is 48.5 Å². The zero-order valence-corrected chi connectivity index (χ0v) is 13.5. The van der Waals surface area contributed by atoms with Gasteiger partial charge in [0.05, 0.1) is 13.0 Å². The molecule has 0 N–H and O–H groups in total. The van der Waals surface area contributed by atoms with Crippen molar-refractivity contribution in [2.45, 2.75) is 13.0 Å². The average molecular weight is 311 g/mol. The lowest BCUT2D eigenvalue weighted by Crippen LogP contribution is -2.38. The summed E-state index contributed by atoms with van der Waals surface area (Å²) >= 11 is 0. The summed E-state index contributed by atoms with van der Waals surface area (Å²) in [6.45, 7) is 1.04. The van der Waals surface area contributed by atoms with Crippen LogP contribution >= 0.6 is 0 Å². The zero-order valence-electron chi connectivity index (χ0n) is 13.5. The third-order valence-electron chi connectivity index (χ3n) is 4.16. The maximum atomic E-state index is 12.7. The molecule has 120 valence electrons. The van der Waals surface area contributed by atoms with E-state index in [-0.39, 0.29) is 11.8 Å². The number of hydrogen-bond acceptors (Lipinski definition) is 3. The summed E-state index contributed by atoms with van der Waals surface area (Å²) < 4.78 is 11.0. The van der Waals surface area contributed by atoms with Gasteiger partial charge in [-0.15, -0.1) is 0 Å². The van der Waals surface area contributed by atoms with Gasteiger partial charge in [-0.05, 0) is 35.7 Å². The van der Waals surface area contributed by atoms with Gasteiger partial charge in [0.25, 0.3) is 0 Å². The van der Waals surface area contributed by atoms with E-state index in [0.29, 0.717) is 19.6 Å². The van der Waals surface area contributed by atoms with Gasteiger partial charge in [0.15, 0.2) is 0 Å². The Hall–Kier alpha value is -2.49. The summed E-state index contributed by atoms with van der Waals surface area (Å²) in [7, 11) is 3.48. The molecule has 0 aliphatic carbocycles. The summed E-state index contributed by atoms with van der Waals surface area (Å²) in [5.74, 6) is 1.60. The molecule has 2 aromatic rings. The molecule has 4 nitrogen and oxygen atoms in total. The van der Waals surface area contributed by atoms with E-state index < -0.39 is 0 Å². The van der Waals surface area contributed by atoms with Gasteiger partial charge in [-0.2, -0.15) is 0 Å². The topological polar surface area (TPSA) is 38.8 Å². The van der Waals surface area contributed by atoms with Gasteiger partial charge in [0.2, 0.25) is 5.91 Å². The minimum atomic E-state index is -0.150. The molecule has 4 heteroatoms. The molecule has 1 heterocycles. The molecule has 1 amide bonds. The van der Waals surface area contributed by atoms with Crippen molar-refractivity contribution in [1.29, 1.82) is 0 Å². The van der Waals surface area contributed by atoms with Crippen LogP contribution in [0.3, 0.4) is 0 Å². The molecule has 0 spiro atoms. The maximum Gasteiger partial charge on any atom is 0.229 e. The van der Waals surface area contributed by atoms with Crippen LogP contribution in [-0.2, 0) is 17.8 Å². The van der Waals surface area contributed by atoms with Gasteiger partial charge in [0, 0.05) is 13.6 Å². The van der Waals surface area contributed by atoms with Crippen molar-refractivity contribution in [3.05, 3.63) is 59.7 Å². The number of nitrogens with zero attached hydrogens (tertiary/aromatic N) is 1. The monoisotopic (exact) mass is 311 g/mol. The maximum absolute atomic E-state index is 12.7. The molecule has 0 saturated heterocycles. The highest BCUT2D eigenvalue weighted by atomic mass is 16.5. The van der Waals surface area contributed by atoms with Gasteiger partial charge in [-0.3, -0.25) is 4.79 Å². The van der Waals surface area contributed by atoms with Crippen molar-refractivity contribution in [2.75, 3.05) is 20.8 Å². The minimum Gasteiger partial charge on any atom is -0.497 e. The number of ether oxygens (including phenoxy) is 2. The second kappa shape index (κ2) is 6.73. The summed E-state index contributed by atoms with van der Waals surface area (Å²) in [5, 5.41) is 0. The molecule has 1 atom stereocenters. The Morgan fingerprint density at radius 3 is 2.78 bits per heavy atom. The van der Waals surface area contributed by atoms with Crippen LogP contribution in [0.5, 0.6) is 11.5 Å². The van der Waals surface area contributed by atoms with Crippen molar-refractivity contribution >= 4 is 5.91 Å². The van der Waals surface area contributed by atoms with E-state index in [1.54, 1.807) is 12.0 Å². The Kier molecular flexibility index (Phi) is 4.51. The van der Waals surface area contributed by atoms with Crippen LogP contribution < -0.4 is 9.47 Å². The Morgan fingerprint density at radius 1 is 1.26 bits per heavy atom. The fraction of sp³-hybridized carbons (Fsp3) is 0.316. The Morgan fingerprint density at radius 2 is 2.04 bits per heavy atom. The number of methoxy groups -OCH3 is 1.